The minimum atomic E-state index is -0.413. The number of ether oxygens (including phenoxy) is 2. The summed E-state index contributed by atoms with van der Waals surface area (Å²) in [6.45, 7) is -0.188. The lowest BCUT2D eigenvalue weighted by Crippen LogP contribution is -2.24. The van der Waals surface area contributed by atoms with Gasteiger partial charge in [-0.1, -0.05) is 29.3 Å². The zero-order chi connectivity index (χ0) is 19.9. The maximum absolute atomic E-state index is 11.8. The molecule has 1 aromatic heterocycles. The Morgan fingerprint density at radius 2 is 1.96 bits per heavy atom. The van der Waals surface area contributed by atoms with E-state index in [1.807, 2.05) is 0 Å². The summed E-state index contributed by atoms with van der Waals surface area (Å²) in [5.74, 6) is 1.74. The number of furan rings is 1. The second-order valence-electron chi connectivity index (χ2n) is 5.59. The number of hydrogen-bond donors (Lipinski definition) is 1. The van der Waals surface area contributed by atoms with Crippen molar-refractivity contribution in [3.63, 3.8) is 0 Å². The number of halogens is 2. The molecule has 3 rings (SSSR count). The second kappa shape index (κ2) is 9.30. The van der Waals surface area contributed by atoms with Gasteiger partial charge in [0, 0.05) is 16.7 Å². The van der Waals surface area contributed by atoms with E-state index >= 15 is 0 Å². The standard InChI is InChI=1S/C20H16Cl2N2O4/c1-26-14-3-2-4-15(10-14)27-12-20(25)24-23-11-16-6-8-19(28-16)17-9-13(21)5-7-18(17)22/h2-11H,12H2,1H3,(H,24,25)/b23-11-. The monoisotopic (exact) mass is 418 g/mol. The van der Waals surface area contributed by atoms with Crippen molar-refractivity contribution in [3.8, 4) is 22.8 Å². The van der Waals surface area contributed by atoms with Gasteiger partial charge in [0.15, 0.2) is 6.61 Å². The van der Waals surface area contributed by atoms with Gasteiger partial charge < -0.3 is 13.9 Å². The SMILES string of the molecule is COc1cccc(OCC(=O)N/N=C\c2ccc(-c3cc(Cl)ccc3Cl)o2)c1. The summed E-state index contributed by atoms with van der Waals surface area (Å²) in [5.41, 5.74) is 3.04. The Balaban J connectivity index is 1.54. The molecule has 0 fully saturated rings. The summed E-state index contributed by atoms with van der Waals surface area (Å²) in [6.07, 6.45) is 1.38. The van der Waals surface area contributed by atoms with E-state index in [4.69, 9.17) is 37.1 Å². The highest BCUT2D eigenvalue weighted by atomic mass is 35.5. The molecule has 1 heterocycles. The molecule has 0 bridgehead atoms. The van der Waals surface area contributed by atoms with Crippen molar-refractivity contribution in [3.05, 3.63) is 70.4 Å². The first kappa shape index (κ1) is 19.8. The predicted molar refractivity (Wildman–Crippen MR) is 108 cm³/mol. The summed E-state index contributed by atoms with van der Waals surface area (Å²) >= 11 is 12.1. The van der Waals surface area contributed by atoms with Crippen LogP contribution in [-0.2, 0) is 4.79 Å². The Morgan fingerprint density at radius 1 is 1.14 bits per heavy atom. The number of carbonyl (C=O) groups excluding carboxylic acids is 1. The fourth-order valence-corrected chi connectivity index (χ4v) is 2.68. The highest BCUT2D eigenvalue weighted by Gasteiger charge is 2.09. The Hall–Kier alpha value is -2.96. The number of methoxy groups -OCH3 is 1. The molecule has 1 amide bonds. The van der Waals surface area contributed by atoms with Crippen LogP contribution in [0.1, 0.15) is 5.76 Å². The van der Waals surface area contributed by atoms with E-state index in [-0.39, 0.29) is 6.61 Å². The van der Waals surface area contributed by atoms with Crippen LogP contribution in [-0.4, -0.2) is 25.8 Å². The predicted octanol–water partition coefficient (Wildman–Crippen LogP) is 4.79. The lowest BCUT2D eigenvalue weighted by molar-refractivity contribution is -0.123. The summed E-state index contributed by atoms with van der Waals surface area (Å²) < 4.78 is 16.1. The minimum Gasteiger partial charge on any atom is -0.497 e. The van der Waals surface area contributed by atoms with Crippen LogP contribution < -0.4 is 14.9 Å². The molecule has 0 saturated carbocycles. The Bertz CT molecular complexity index is 1000. The Kier molecular flexibility index (Phi) is 6.57. The normalized spacial score (nSPS) is 10.8. The lowest BCUT2D eigenvalue weighted by atomic mass is 10.2. The number of nitrogens with one attached hydrogen (secondary N) is 1. The number of rotatable bonds is 7. The van der Waals surface area contributed by atoms with E-state index < -0.39 is 5.91 Å². The van der Waals surface area contributed by atoms with E-state index in [0.717, 1.165) is 0 Å². The van der Waals surface area contributed by atoms with Crippen LogP contribution in [0.15, 0.2) is 64.1 Å². The molecule has 0 aliphatic carbocycles. The van der Waals surface area contributed by atoms with Crippen LogP contribution in [0.3, 0.4) is 0 Å². The lowest BCUT2D eigenvalue weighted by Gasteiger charge is -2.06. The molecular formula is C20H16Cl2N2O4. The number of amides is 1. The molecule has 0 unspecified atom stereocenters. The average molecular weight is 419 g/mol. The van der Waals surface area contributed by atoms with Crippen molar-refractivity contribution in [1.29, 1.82) is 0 Å². The minimum absolute atomic E-state index is 0.188. The number of benzene rings is 2. The highest BCUT2D eigenvalue weighted by molar-refractivity contribution is 6.35. The molecule has 1 N–H and O–H groups in total. The summed E-state index contributed by atoms with van der Waals surface area (Å²) in [7, 11) is 1.56. The zero-order valence-corrected chi connectivity index (χ0v) is 16.3. The third-order valence-electron chi connectivity index (χ3n) is 3.61. The number of hydrogen-bond acceptors (Lipinski definition) is 5. The molecule has 0 spiro atoms. The maximum atomic E-state index is 11.8. The van der Waals surface area contributed by atoms with Crippen molar-refractivity contribution in [1.82, 2.24) is 5.43 Å². The molecule has 2 aromatic carbocycles. The second-order valence-corrected chi connectivity index (χ2v) is 6.43. The van der Waals surface area contributed by atoms with Crippen LogP contribution in [0.25, 0.3) is 11.3 Å². The van der Waals surface area contributed by atoms with E-state index in [0.29, 0.717) is 38.6 Å². The van der Waals surface area contributed by atoms with Crippen LogP contribution >= 0.6 is 23.2 Å². The fraction of sp³-hybridized carbons (Fsp3) is 0.100. The third kappa shape index (κ3) is 5.28. The molecule has 28 heavy (non-hydrogen) atoms. The molecular weight excluding hydrogens is 403 g/mol. The van der Waals surface area contributed by atoms with Crippen molar-refractivity contribution in [2.75, 3.05) is 13.7 Å². The first-order chi connectivity index (χ1) is 13.5. The molecule has 3 aromatic rings. The van der Waals surface area contributed by atoms with Gasteiger partial charge in [-0.15, -0.1) is 0 Å². The van der Waals surface area contributed by atoms with E-state index in [1.54, 1.807) is 61.7 Å². The van der Waals surface area contributed by atoms with Crippen LogP contribution in [0, 0.1) is 0 Å². The first-order valence-electron chi connectivity index (χ1n) is 8.19. The van der Waals surface area contributed by atoms with E-state index in [9.17, 15) is 4.79 Å². The largest absolute Gasteiger partial charge is 0.497 e. The van der Waals surface area contributed by atoms with Gasteiger partial charge in [-0.05, 0) is 42.5 Å². The maximum Gasteiger partial charge on any atom is 0.277 e. The smallest absolute Gasteiger partial charge is 0.277 e. The van der Waals surface area contributed by atoms with Crippen LogP contribution in [0.5, 0.6) is 11.5 Å². The van der Waals surface area contributed by atoms with E-state index in [1.165, 1.54) is 6.21 Å². The van der Waals surface area contributed by atoms with Crippen molar-refractivity contribution in [2.24, 2.45) is 5.10 Å². The zero-order valence-electron chi connectivity index (χ0n) is 14.8. The molecule has 8 heteroatoms. The van der Waals surface area contributed by atoms with Gasteiger partial charge in [-0.2, -0.15) is 5.10 Å². The molecule has 0 aliphatic heterocycles. The Morgan fingerprint density at radius 3 is 2.79 bits per heavy atom. The van der Waals surface area contributed by atoms with Crippen LogP contribution in [0.4, 0.5) is 0 Å². The fourth-order valence-electron chi connectivity index (χ4n) is 2.29. The van der Waals surface area contributed by atoms with Gasteiger partial charge in [0.25, 0.3) is 5.91 Å². The van der Waals surface area contributed by atoms with Crippen molar-refractivity contribution < 1.29 is 18.7 Å². The molecule has 0 radical (unpaired) electrons. The quantitative estimate of drug-likeness (QED) is 0.442. The number of hydrazone groups is 1. The topological polar surface area (TPSA) is 73.1 Å². The molecule has 6 nitrogen and oxygen atoms in total. The van der Waals surface area contributed by atoms with Crippen molar-refractivity contribution >= 4 is 35.3 Å². The Labute approximate surface area is 171 Å². The average Bonchev–Trinajstić information content (AvgIpc) is 3.17. The number of nitrogens with zero attached hydrogens (tertiary/aromatic N) is 1. The van der Waals surface area contributed by atoms with Gasteiger partial charge in [0.2, 0.25) is 0 Å². The van der Waals surface area contributed by atoms with Gasteiger partial charge in [0.1, 0.15) is 23.0 Å². The van der Waals surface area contributed by atoms with Gasteiger partial charge in [-0.25, -0.2) is 5.43 Å². The summed E-state index contributed by atoms with van der Waals surface area (Å²) in [5, 5.41) is 4.92. The molecule has 144 valence electrons. The molecule has 0 saturated heterocycles. The first-order valence-corrected chi connectivity index (χ1v) is 8.95. The van der Waals surface area contributed by atoms with Crippen LogP contribution in [0.2, 0.25) is 10.0 Å². The third-order valence-corrected chi connectivity index (χ3v) is 4.18. The highest BCUT2D eigenvalue weighted by Crippen LogP contribution is 2.31. The summed E-state index contributed by atoms with van der Waals surface area (Å²) in [4.78, 5) is 11.8. The molecule has 0 atom stereocenters. The van der Waals surface area contributed by atoms with E-state index in [2.05, 4.69) is 10.5 Å². The van der Waals surface area contributed by atoms with Gasteiger partial charge in [-0.3, -0.25) is 4.79 Å². The van der Waals surface area contributed by atoms with Gasteiger partial charge >= 0.3 is 0 Å². The summed E-state index contributed by atoms with van der Waals surface area (Å²) in [6, 6.07) is 15.5. The van der Waals surface area contributed by atoms with Crippen molar-refractivity contribution in [2.45, 2.75) is 0 Å². The number of carbonyl (C=O) groups is 1. The van der Waals surface area contributed by atoms with Gasteiger partial charge in [0.05, 0.1) is 18.3 Å². The molecule has 0 aliphatic rings.